The zero-order valence-corrected chi connectivity index (χ0v) is 21.5. The van der Waals surface area contributed by atoms with Gasteiger partial charge in [0.15, 0.2) is 0 Å². The van der Waals surface area contributed by atoms with Gasteiger partial charge in [-0.2, -0.15) is 0 Å². The predicted octanol–water partition coefficient (Wildman–Crippen LogP) is 5.49. The third-order valence-corrected chi connectivity index (χ3v) is 6.73. The summed E-state index contributed by atoms with van der Waals surface area (Å²) in [6, 6.07) is 8.82. The maximum atomic E-state index is 14.6. The smallest absolute Gasteiger partial charge is 0.290 e. The van der Waals surface area contributed by atoms with Gasteiger partial charge in [-0.05, 0) is 109 Å². The van der Waals surface area contributed by atoms with Crippen LogP contribution >= 0.6 is 0 Å². The number of aliphatic hydroxyl groups is 2. The van der Waals surface area contributed by atoms with Crippen molar-refractivity contribution in [2.45, 2.75) is 46.3 Å². The van der Waals surface area contributed by atoms with Gasteiger partial charge in [-0.3, -0.25) is 4.79 Å². The Morgan fingerprint density at radius 3 is 2.54 bits per heavy atom. The summed E-state index contributed by atoms with van der Waals surface area (Å²) in [5, 5.41) is 25.4. The number of aliphatic hydroxyl groups excluding tert-OH is 2. The molecule has 2 aliphatic carbocycles. The van der Waals surface area contributed by atoms with Crippen LogP contribution in [-0.2, 0) is 16.1 Å². The molecule has 0 heterocycles. The lowest BCUT2D eigenvalue weighted by Crippen LogP contribution is -2.21. The zero-order chi connectivity index (χ0) is 27.1. The predicted molar refractivity (Wildman–Crippen MR) is 141 cm³/mol. The second-order valence-electron chi connectivity index (χ2n) is 9.47. The summed E-state index contributed by atoms with van der Waals surface area (Å²) in [5.74, 6) is 2.35. The fourth-order valence-corrected chi connectivity index (χ4v) is 4.99. The van der Waals surface area contributed by atoms with Crippen molar-refractivity contribution in [1.29, 1.82) is 0 Å². The maximum Gasteiger partial charge on any atom is 0.290 e. The highest BCUT2D eigenvalue weighted by molar-refractivity contribution is 5.72. The molecule has 2 aliphatic rings. The quantitative estimate of drug-likeness (QED) is 0.305. The largest absolute Gasteiger partial charge is 0.491 e. The zero-order valence-electron chi connectivity index (χ0n) is 21.5. The number of hydrogen-bond acceptors (Lipinski definition) is 5. The number of fused-ring (bicyclic) bond motifs is 1. The Labute approximate surface area is 217 Å². The summed E-state index contributed by atoms with van der Waals surface area (Å²) in [4.78, 5) is 8.36. The lowest BCUT2D eigenvalue weighted by atomic mass is 9.94. The number of halogens is 1. The average molecular weight is 511 g/mol. The van der Waals surface area contributed by atoms with Gasteiger partial charge in [-0.1, -0.05) is 18.7 Å². The molecule has 2 fully saturated rings. The van der Waals surface area contributed by atoms with Crippen LogP contribution in [0.15, 0.2) is 66.0 Å². The third-order valence-electron chi connectivity index (χ3n) is 6.73. The molecule has 0 amide bonds. The summed E-state index contributed by atoms with van der Waals surface area (Å²) in [7, 11) is 0. The number of ether oxygens (including phenoxy) is 2. The van der Waals surface area contributed by atoms with E-state index in [4.69, 9.17) is 24.5 Å². The molecule has 6 nitrogen and oxygen atoms in total. The van der Waals surface area contributed by atoms with Crippen molar-refractivity contribution in [3.63, 3.8) is 0 Å². The van der Waals surface area contributed by atoms with Crippen molar-refractivity contribution in [3.8, 4) is 16.9 Å². The van der Waals surface area contributed by atoms with E-state index in [0.717, 1.165) is 34.6 Å². The SMILES string of the molecule is C=C(/C=C1/CC2CC2/C1=C/C)OCc1cc(-c2c(C)cc(OCC(O)CO)cc2C)ccc1F.O=CO. The standard InChI is InChI=1S/C29H33FO4.CH2O2/c1-5-26-21(12-22-13-27(22)26)10-19(4)33-15-23-11-20(6-7-28(23)30)29-17(2)8-25(9-18(29)3)34-16-24(32)14-31;2-1-3/h5-11,22,24,27,31-32H,4,12-16H2,1-3H3;1H,(H,2,3)/b21-10-,26-5+;. The van der Waals surface area contributed by atoms with Gasteiger partial charge in [0.05, 0.1) is 6.61 Å². The Balaban J connectivity index is 0.00000121. The van der Waals surface area contributed by atoms with E-state index >= 15 is 0 Å². The van der Waals surface area contributed by atoms with Gasteiger partial charge < -0.3 is 24.8 Å². The van der Waals surface area contributed by atoms with Crippen LogP contribution < -0.4 is 4.74 Å². The van der Waals surface area contributed by atoms with Crippen LogP contribution in [0.3, 0.4) is 0 Å². The van der Waals surface area contributed by atoms with Crippen LogP contribution in [0.2, 0.25) is 0 Å². The molecule has 3 atom stereocenters. The highest BCUT2D eigenvalue weighted by Crippen LogP contribution is 2.57. The minimum atomic E-state index is -0.922. The first kappa shape index (κ1) is 28.2. The highest BCUT2D eigenvalue weighted by Gasteiger charge is 2.46. The van der Waals surface area contributed by atoms with Gasteiger partial charge >= 0.3 is 0 Å². The molecule has 3 N–H and O–H groups in total. The van der Waals surface area contributed by atoms with Crippen LogP contribution in [0, 0.1) is 31.5 Å². The number of rotatable bonds is 9. The molecule has 37 heavy (non-hydrogen) atoms. The first-order valence-electron chi connectivity index (χ1n) is 12.3. The molecule has 198 valence electrons. The number of carbonyl (C=O) groups is 1. The molecule has 0 saturated heterocycles. The number of aryl methyl sites for hydroxylation is 2. The molecule has 2 aromatic carbocycles. The Morgan fingerprint density at radius 2 is 1.92 bits per heavy atom. The lowest BCUT2D eigenvalue weighted by molar-refractivity contribution is -0.122. The molecule has 0 bridgehead atoms. The van der Waals surface area contributed by atoms with Gasteiger partial charge in [-0.15, -0.1) is 0 Å². The second-order valence-corrected chi connectivity index (χ2v) is 9.47. The monoisotopic (exact) mass is 510 g/mol. The van der Waals surface area contributed by atoms with E-state index in [2.05, 4.69) is 19.6 Å². The maximum absolute atomic E-state index is 14.6. The molecule has 0 aliphatic heterocycles. The van der Waals surface area contributed by atoms with E-state index in [-0.39, 0.29) is 32.1 Å². The summed E-state index contributed by atoms with van der Waals surface area (Å²) in [6.07, 6.45) is 5.64. The summed E-state index contributed by atoms with van der Waals surface area (Å²) in [6.45, 7) is 9.57. The van der Waals surface area contributed by atoms with Gasteiger partial charge in [0, 0.05) is 5.56 Å². The van der Waals surface area contributed by atoms with Crippen LogP contribution in [-0.4, -0.2) is 41.1 Å². The van der Waals surface area contributed by atoms with Crippen LogP contribution in [0.5, 0.6) is 5.75 Å². The topological polar surface area (TPSA) is 96.2 Å². The highest BCUT2D eigenvalue weighted by atomic mass is 19.1. The first-order chi connectivity index (χ1) is 17.7. The van der Waals surface area contributed by atoms with Crippen molar-refractivity contribution < 1.29 is 34.0 Å². The van der Waals surface area contributed by atoms with Gasteiger partial charge in [-0.25, -0.2) is 4.39 Å². The van der Waals surface area contributed by atoms with Crippen molar-refractivity contribution in [1.82, 2.24) is 0 Å². The fraction of sp³-hybridized carbons (Fsp3) is 0.367. The van der Waals surface area contributed by atoms with Crippen LogP contribution in [0.1, 0.15) is 36.5 Å². The van der Waals surface area contributed by atoms with Gasteiger partial charge in [0.2, 0.25) is 0 Å². The molecule has 3 unspecified atom stereocenters. The van der Waals surface area contributed by atoms with E-state index in [1.165, 1.54) is 23.6 Å². The molecular formula is C30H35FO6. The normalized spacial score (nSPS) is 20.6. The summed E-state index contributed by atoms with van der Waals surface area (Å²) < 4.78 is 26.0. The van der Waals surface area contributed by atoms with Crippen molar-refractivity contribution in [2.75, 3.05) is 13.2 Å². The van der Waals surface area contributed by atoms with Crippen molar-refractivity contribution >= 4 is 6.47 Å². The third kappa shape index (κ3) is 7.08. The van der Waals surface area contributed by atoms with Crippen LogP contribution in [0.4, 0.5) is 4.39 Å². The number of hydrogen-bond donors (Lipinski definition) is 3. The lowest BCUT2D eigenvalue weighted by Gasteiger charge is -2.16. The molecular weight excluding hydrogens is 475 g/mol. The Morgan fingerprint density at radius 1 is 1.24 bits per heavy atom. The minimum Gasteiger partial charge on any atom is -0.491 e. The molecule has 0 spiro atoms. The Kier molecular flexibility index (Phi) is 9.66. The fourth-order valence-electron chi connectivity index (χ4n) is 4.99. The van der Waals surface area contributed by atoms with E-state index in [9.17, 15) is 9.50 Å². The Hall–Kier alpha value is -3.42. The van der Waals surface area contributed by atoms with E-state index in [1.54, 1.807) is 6.07 Å². The van der Waals surface area contributed by atoms with Gasteiger partial charge in [0.1, 0.15) is 36.6 Å². The van der Waals surface area contributed by atoms with E-state index in [0.29, 0.717) is 23.0 Å². The second kappa shape index (κ2) is 12.7. The molecule has 0 aromatic heterocycles. The summed E-state index contributed by atoms with van der Waals surface area (Å²) in [5.41, 5.74) is 7.02. The van der Waals surface area contributed by atoms with Crippen molar-refractivity contribution in [2.24, 2.45) is 11.8 Å². The number of allylic oxidation sites excluding steroid dienone is 4. The number of benzene rings is 2. The molecule has 7 heteroatoms. The van der Waals surface area contributed by atoms with Crippen molar-refractivity contribution in [3.05, 3.63) is 88.5 Å². The Bertz CT molecular complexity index is 1180. The minimum absolute atomic E-state index is 0.0175. The molecule has 0 radical (unpaired) electrons. The van der Waals surface area contributed by atoms with Gasteiger partial charge in [0.25, 0.3) is 6.47 Å². The number of carboxylic acid groups (broad SMARTS) is 1. The molecule has 4 rings (SSSR count). The van der Waals surface area contributed by atoms with Crippen LogP contribution in [0.25, 0.3) is 11.1 Å². The molecule has 2 aromatic rings. The average Bonchev–Trinajstić information content (AvgIpc) is 3.53. The van der Waals surface area contributed by atoms with E-state index < -0.39 is 6.10 Å². The first-order valence-corrected chi connectivity index (χ1v) is 12.3. The summed E-state index contributed by atoms with van der Waals surface area (Å²) >= 11 is 0. The molecule has 2 saturated carbocycles. The van der Waals surface area contributed by atoms with E-state index in [1.807, 2.05) is 38.1 Å².